The van der Waals surface area contributed by atoms with E-state index < -0.39 is 5.97 Å². The highest BCUT2D eigenvalue weighted by Gasteiger charge is 2.39. The Balaban J connectivity index is 1.95. The number of alkyl carbamates (subject to hydrolysis) is 1. The van der Waals surface area contributed by atoms with E-state index in [1.165, 1.54) is 0 Å². The number of carbonyl (C=O) groups is 2. The average Bonchev–Trinajstić information content (AvgIpc) is 2.69. The molecule has 1 spiro atoms. The van der Waals surface area contributed by atoms with E-state index in [0.717, 1.165) is 44.9 Å². The molecule has 2 unspecified atom stereocenters. The van der Waals surface area contributed by atoms with Crippen LogP contribution < -0.4 is 5.32 Å². The second-order valence-electron chi connectivity index (χ2n) is 5.45. The molecule has 2 rings (SSSR count). The Morgan fingerprint density at radius 2 is 1.94 bits per heavy atom. The van der Waals surface area contributed by atoms with E-state index in [4.69, 9.17) is 9.84 Å². The topological polar surface area (TPSA) is 75.6 Å². The lowest BCUT2D eigenvalue weighted by Gasteiger charge is -2.28. The van der Waals surface area contributed by atoms with Crippen LogP contribution in [0, 0.1) is 5.92 Å². The van der Waals surface area contributed by atoms with Gasteiger partial charge in [0, 0.05) is 0 Å². The number of carboxylic acid groups (broad SMARTS) is 1. The lowest BCUT2D eigenvalue weighted by Crippen LogP contribution is -2.34. The fourth-order valence-corrected chi connectivity index (χ4v) is 2.98. The third kappa shape index (κ3) is 3.15. The van der Waals surface area contributed by atoms with E-state index in [0.29, 0.717) is 13.0 Å². The minimum atomic E-state index is -0.689. The van der Waals surface area contributed by atoms with Gasteiger partial charge in [0.2, 0.25) is 0 Å². The van der Waals surface area contributed by atoms with Crippen LogP contribution in [0.2, 0.25) is 0 Å². The summed E-state index contributed by atoms with van der Waals surface area (Å²) in [5.41, 5.74) is -0.378. The molecule has 0 radical (unpaired) electrons. The van der Waals surface area contributed by atoms with Crippen molar-refractivity contribution < 1.29 is 19.4 Å². The van der Waals surface area contributed by atoms with Gasteiger partial charge in [0.15, 0.2) is 0 Å². The normalized spacial score (nSPS) is 33.8. The number of rotatable bonds is 1. The van der Waals surface area contributed by atoms with E-state index in [9.17, 15) is 9.59 Å². The first-order chi connectivity index (χ1) is 8.61. The quantitative estimate of drug-likeness (QED) is 0.753. The molecule has 1 amide bonds. The number of hydrogen-bond acceptors (Lipinski definition) is 3. The summed E-state index contributed by atoms with van der Waals surface area (Å²) in [6.07, 6.45) is 6.58. The maximum atomic E-state index is 11.2. The Morgan fingerprint density at radius 3 is 2.61 bits per heavy atom. The molecular weight excluding hydrogens is 234 g/mol. The largest absolute Gasteiger partial charge is 0.481 e. The predicted octanol–water partition coefficient (Wildman–Crippen LogP) is 2.30. The summed E-state index contributed by atoms with van der Waals surface area (Å²) in [7, 11) is 0. The number of aliphatic carboxylic acids is 1. The fraction of sp³-hybridized carbons (Fsp3) is 0.846. The highest BCUT2D eigenvalue weighted by molar-refractivity contribution is 5.70. The SMILES string of the molecule is O=C1NCC2(CCCCCC(C(=O)O)CCC2)O1. The molecule has 1 aliphatic heterocycles. The van der Waals surface area contributed by atoms with Gasteiger partial charge in [0.25, 0.3) is 0 Å². The second-order valence-corrected chi connectivity index (χ2v) is 5.45. The van der Waals surface area contributed by atoms with Gasteiger partial charge in [-0.15, -0.1) is 0 Å². The molecule has 0 bridgehead atoms. The van der Waals surface area contributed by atoms with Crippen molar-refractivity contribution in [3.63, 3.8) is 0 Å². The molecule has 2 atom stereocenters. The minimum Gasteiger partial charge on any atom is -0.481 e. The molecule has 2 aliphatic rings. The maximum absolute atomic E-state index is 11.2. The maximum Gasteiger partial charge on any atom is 0.407 e. The molecule has 2 fully saturated rings. The van der Waals surface area contributed by atoms with E-state index in [1.807, 2.05) is 0 Å². The van der Waals surface area contributed by atoms with Crippen molar-refractivity contribution in [1.82, 2.24) is 5.32 Å². The molecular formula is C13H21NO4. The molecule has 18 heavy (non-hydrogen) atoms. The number of carbonyl (C=O) groups excluding carboxylic acids is 1. The zero-order valence-corrected chi connectivity index (χ0v) is 10.6. The summed E-state index contributed by atoms with van der Waals surface area (Å²) in [4.78, 5) is 22.3. The Kier molecular flexibility index (Phi) is 4.09. The summed E-state index contributed by atoms with van der Waals surface area (Å²) in [5.74, 6) is -0.920. The predicted molar refractivity (Wildman–Crippen MR) is 65.3 cm³/mol. The molecule has 1 saturated heterocycles. The Bertz CT molecular complexity index is 331. The summed E-state index contributed by atoms with van der Waals surface area (Å²) in [5, 5.41) is 11.8. The molecule has 5 heteroatoms. The molecule has 0 aromatic carbocycles. The van der Waals surface area contributed by atoms with Crippen molar-refractivity contribution >= 4 is 12.1 Å². The standard InChI is InChI=1S/C13H21NO4/c15-11(16)10-5-2-1-3-7-13(8-4-6-10)9-14-12(17)18-13/h10H,1-9H2,(H,14,17)(H,15,16). The van der Waals surface area contributed by atoms with Crippen molar-refractivity contribution in [2.45, 2.75) is 57.0 Å². The summed E-state index contributed by atoms with van der Waals surface area (Å²) >= 11 is 0. The van der Waals surface area contributed by atoms with Crippen LogP contribution in [0.5, 0.6) is 0 Å². The Morgan fingerprint density at radius 1 is 1.22 bits per heavy atom. The highest BCUT2D eigenvalue weighted by Crippen LogP contribution is 2.32. The van der Waals surface area contributed by atoms with Gasteiger partial charge in [0.05, 0.1) is 12.5 Å². The van der Waals surface area contributed by atoms with Crippen LogP contribution in [0.3, 0.4) is 0 Å². The van der Waals surface area contributed by atoms with Gasteiger partial charge in [-0.1, -0.05) is 12.8 Å². The van der Waals surface area contributed by atoms with Crippen LogP contribution in [-0.2, 0) is 9.53 Å². The number of hydrogen-bond donors (Lipinski definition) is 2. The van der Waals surface area contributed by atoms with Crippen LogP contribution in [-0.4, -0.2) is 29.3 Å². The third-order valence-electron chi connectivity index (χ3n) is 4.08. The van der Waals surface area contributed by atoms with Crippen LogP contribution >= 0.6 is 0 Å². The molecule has 5 nitrogen and oxygen atoms in total. The van der Waals surface area contributed by atoms with Gasteiger partial charge in [-0.2, -0.15) is 0 Å². The Hall–Kier alpha value is -1.26. The average molecular weight is 255 g/mol. The lowest BCUT2D eigenvalue weighted by molar-refractivity contribution is -0.142. The molecule has 2 N–H and O–H groups in total. The fourth-order valence-electron chi connectivity index (χ4n) is 2.98. The van der Waals surface area contributed by atoms with Gasteiger partial charge < -0.3 is 15.2 Å². The molecule has 0 aromatic rings. The molecule has 102 valence electrons. The van der Waals surface area contributed by atoms with E-state index in [-0.39, 0.29) is 17.6 Å². The van der Waals surface area contributed by atoms with Crippen LogP contribution in [0.1, 0.15) is 51.4 Å². The van der Waals surface area contributed by atoms with Gasteiger partial charge in [-0.05, 0) is 38.5 Å². The summed E-state index contributed by atoms with van der Waals surface area (Å²) in [6, 6.07) is 0. The van der Waals surface area contributed by atoms with Crippen LogP contribution in [0.25, 0.3) is 0 Å². The number of carboxylic acids is 1. The molecule has 1 saturated carbocycles. The zero-order valence-electron chi connectivity index (χ0n) is 10.6. The minimum absolute atomic E-state index is 0.231. The van der Waals surface area contributed by atoms with Crippen LogP contribution in [0.15, 0.2) is 0 Å². The molecule has 1 aliphatic carbocycles. The van der Waals surface area contributed by atoms with Crippen LogP contribution in [0.4, 0.5) is 4.79 Å². The van der Waals surface area contributed by atoms with E-state index in [1.54, 1.807) is 0 Å². The van der Waals surface area contributed by atoms with E-state index in [2.05, 4.69) is 5.32 Å². The summed E-state index contributed by atoms with van der Waals surface area (Å²) < 4.78 is 5.42. The first-order valence-electron chi connectivity index (χ1n) is 6.81. The van der Waals surface area contributed by atoms with Crippen molar-refractivity contribution in [3.05, 3.63) is 0 Å². The second kappa shape index (κ2) is 5.59. The molecule has 1 heterocycles. The number of ether oxygens (including phenoxy) is 1. The zero-order chi connectivity index (χ0) is 13.0. The van der Waals surface area contributed by atoms with Crippen molar-refractivity contribution in [3.8, 4) is 0 Å². The third-order valence-corrected chi connectivity index (χ3v) is 4.08. The monoisotopic (exact) mass is 255 g/mol. The van der Waals surface area contributed by atoms with Crippen molar-refractivity contribution in [2.75, 3.05) is 6.54 Å². The number of nitrogens with one attached hydrogen (secondary N) is 1. The summed E-state index contributed by atoms with van der Waals surface area (Å²) in [6.45, 7) is 0.573. The van der Waals surface area contributed by atoms with E-state index >= 15 is 0 Å². The smallest absolute Gasteiger partial charge is 0.407 e. The number of amides is 1. The van der Waals surface area contributed by atoms with Gasteiger partial charge in [-0.3, -0.25) is 4.79 Å². The van der Waals surface area contributed by atoms with Gasteiger partial charge in [0.1, 0.15) is 5.60 Å². The van der Waals surface area contributed by atoms with Crippen molar-refractivity contribution in [2.24, 2.45) is 5.92 Å². The van der Waals surface area contributed by atoms with Gasteiger partial charge >= 0.3 is 12.1 Å². The Labute approximate surface area is 107 Å². The molecule has 0 aromatic heterocycles. The first kappa shape index (κ1) is 13.2. The lowest BCUT2D eigenvalue weighted by atomic mass is 9.85. The van der Waals surface area contributed by atoms with Crippen molar-refractivity contribution in [1.29, 1.82) is 0 Å². The highest BCUT2D eigenvalue weighted by atomic mass is 16.6. The van der Waals surface area contributed by atoms with Gasteiger partial charge in [-0.25, -0.2) is 4.79 Å². The first-order valence-corrected chi connectivity index (χ1v) is 6.81.